The molecule has 1 N–H and O–H groups in total. The number of aryl methyl sites for hydroxylation is 2. The standard InChI is InChI=1S/C20H27N3O/c1-22-17-4-3-13(8-18(17)23(2)19(22)24)12-21-20-9-14-5-15(10-20)7-16(6-14)11-20/h3-4,8,14-16,21H,5-7,9-12H2,1-2H3. The summed E-state index contributed by atoms with van der Waals surface area (Å²) >= 11 is 0. The van der Waals surface area contributed by atoms with E-state index in [4.69, 9.17) is 0 Å². The van der Waals surface area contributed by atoms with Crippen molar-refractivity contribution in [2.45, 2.75) is 50.6 Å². The van der Waals surface area contributed by atoms with Crippen LogP contribution in [0.1, 0.15) is 44.1 Å². The summed E-state index contributed by atoms with van der Waals surface area (Å²) in [6.45, 7) is 0.922. The summed E-state index contributed by atoms with van der Waals surface area (Å²) in [5.74, 6) is 2.92. The minimum atomic E-state index is 0.0520. The number of benzene rings is 1. The highest BCUT2D eigenvalue weighted by Gasteiger charge is 2.50. The van der Waals surface area contributed by atoms with Gasteiger partial charge in [-0.2, -0.15) is 0 Å². The molecule has 4 aliphatic rings. The molecule has 4 fully saturated rings. The van der Waals surface area contributed by atoms with Crippen molar-refractivity contribution in [3.63, 3.8) is 0 Å². The van der Waals surface area contributed by atoms with Gasteiger partial charge in [-0.15, -0.1) is 0 Å². The minimum Gasteiger partial charge on any atom is -0.307 e. The van der Waals surface area contributed by atoms with Crippen LogP contribution in [-0.2, 0) is 20.6 Å². The Bertz CT molecular complexity index is 824. The normalized spacial score (nSPS) is 34.3. The average Bonchev–Trinajstić information content (AvgIpc) is 2.76. The highest BCUT2D eigenvalue weighted by Crippen LogP contribution is 2.55. The fourth-order valence-electron chi connectivity index (χ4n) is 6.28. The molecule has 2 aromatic rings. The van der Waals surface area contributed by atoms with Crippen LogP contribution in [0.2, 0.25) is 0 Å². The molecule has 0 saturated heterocycles. The summed E-state index contributed by atoms with van der Waals surface area (Å²) in [6.07, 6.45) is 8.60. The van der Waals surface area contributed by atoms with E-state index in [1.54, 1.807) is 9.13 Å². The number of fused-ring (bicyclic) bond motifs is 1. The van der Waals surface area contributed by atoms with Crippen molar-refractivity contribution in [3.8, 4) is 0 Å². The Labute approximate surface area is 142 Å². The summed E-state index contributed by atoms with van der Waals surface area (Å²) in [6, 6.07) is 6.45. The van der Waals surface area contributed by atoms with Gasteiger partial charge in [-0.25, -0.2) is 4.79 Å². The van der Waals surface area contributed by atoms with E-state index in [-0.39, 0.29) is 5.69 Å². The summed E-state index contributed by atoms with van der Waals surface area (Å²) in [7, 11) is 3.71. The predicted molar refractivity (Wildman–Crippen MR) is 95.9 cm³/mol. The highest BCUT2D eigenvalue weighted by molar-refractivity contribution is 5.76. The summed E-state index contributed by atoms with van der Waals surface area (Å²) in [5, 5.41) is 3.95. The molecule has 4 nitrogen and oxygen atoms in total. The quantitative estimate of drug-likeness (QED) is 0.942. The highest BCUT2D eigenvalue weighted by atomic mass is 16.1. The molecule has 1 aromatic heterocycles. The van der Waals surface area contributed by atoms with Gasteiger partial charge in [-0.1, -0.05) is 6.07 Å². The second kappa shape index (κ2) is 4.98. The predicted octanol–water partition coefficient (Wildman–Crippen LogP) is 2.94. The van der Waals surface area contributed by atoms with E-state index in [0.717, 1.165) is 35.3 Å². The second-order valence-electron chi connectivity index (χ2n) is 8.78. The second-order valence-corrected chi connectivity index (χ2v) is 8.78. The fourth-order valence-corrected chi connectivity index (χ4v) is 6.28. The summed E-state index contributed by atoms with van der Waals surface area (Å²) < 4.78 is 3.48. The third-order valence-electron chi connectivity index (χ3n) is 7.04. The van der Waals surface area contributed by atoms with Crippen LogP contribution in [0.15, 0.2) is 23.0 Å². The molecule has 1 aromatic carbocycles. The maximum absolute atomic E-state index is 12.1. The monoisotopic (exact) mass is 325 g/mol. The van der Waals surface area contributed by atoms with Crippen LogP contribution in [0, 0.1) is 17.8 Å². The Morgan fingerprint density at radius 2 is 1.58 bits per heavy atom. The lowest BCUT2D eigenvalue weighted by Gasteiger charge is -2.57. The molecule has 128 valence electrons. The maximum Gasteiger partial charge on any atom is 0.328 e. The SMILES string of the molecule is Cn1c(=O)n(C)c2cc(CNC34CC5CC(CC(C5)C3)C4)ccc21. The summed E-state index contributed by atoms with van der Waals surface area (Å²) in [5.41, 5.74) is 3.79. The average molecular weight is 325 g/mol. The van der Waals surface area contributed by atoms with Gasteiger partial charge in [0, 0.05) is 26.2 Å². The van der Waals surface area contributed by atoms with Crippen molar-refractivity contribution >= 4 is 11.0 Å². The molecule has 4 heteroatoms. The number of hydrogen-bond acceptors (Lipinski definition) is 2. The first-order valence-electron chi connectivity index (χ1n) is 9.42. The van der Waals surface area contributed by atoms with Crippen LogP contribution in [-0.4, -0.2) is 14.7 Å². The van der Waals surface area contributed by atoms with Crippen LogP contribution in [0.25, 0.3) is 11.0 Å². The van der Waals surface area contributed by atoms with Crippen LogP contribution >= 0.6 is 0 Å². The first-order chi connectivity index (χ1) is 11.5. The van der Waals surface area contributed by atoms with Crippen LogP contribution in [0.4, 0.5) is 0 Å². The van der Waals surface area contributed by atoms with Crippen LogP contribution < -0.4 is 11.0 Å². The smallest absolute Gasteiger partial charge is 0.307 e. The molecule has 4 aliphatic carbocycles. The Kier molecular flexibility index (Phi) is 3.06. The minimum absolute atomic E-state index is 0.0520. The number of hydrogen-bond donors (Lipinski definition) is 1. The number of nitrogens with one attached hydrogen (secondary N) is 1. The van der Waals surface area contributed by atoms with Gasteiger partial charge in [0.1, 0.15) is 0 Å². The Morgan fingerprint density at radius 3 is 2.21 bits per heavy atom. The third-order valence-corrected chi connectivity index (χ3v) is 7.04. The zero-order chi connectivity index (χ0) is 16.5. The van der Waals surface area contributed by atoms with Crippen LogP contribution in [0.5, 0.6) is 0 Å². The Hall–Kier alpha value is -1.55. The van der Waals surface area contributed by atoms with E-state index in [2.05, 4.69) is 23.5 Å². The van der Waals surface area contributed by atoms with E-state index in [0.29, 0.717) is 5.54 Å². The maximum atomic E-state index is 12.1. The van der Waals surface area contributed by atoms with Crippen molar-refractivity contribution in [1.29, 1.82) is 0 Å². The van der Waals surface area contributed by atoms with E-state index < -0.39 is 0 Å². The van der Waals surface area contributed by atoms with Gasteiger partial charge in [0.05, 0.1) is 11.0 Å². The topological polar surface area (TPSA) is 39.0 Å². The molecule has 0 amide bonds. The van der Waals surface area contributed by atoms with E-state index in [1.807, 2.05) is 14.1 Å². The van der Waals surface area contributed by atoms with Crippen molar-refractivity contribution in [2.75, 3.05) is 0 Å². The molecule has 0 spiro atoms. The van der Waals surface area contributed by atoms with E-state index >= 15 is 0 Å². The first-order valence-corrected chi connectivity index (χ1v) is 9.42. The van der Waals surface area contributed by atoms with Crippen molar-refractivity contribution in [2.24, 2.45) is 31.8 Å². The Morgan fingerprint density at radius 1 is 1.00 bits per heavy atom. The molecule has 0 unspecified atom stereocenters. The van der Waals surface area contributed by atoms with Gasteiger partial charge in [0.25, 0.3) is 0 Å². The van der Waals surface area contributed by atoms with E-state index in [9.17, 15) is 4.79 Å². The zero-order valence-electron chi connectivity index (χ0n) is 14.7. The lowest BCUT2D eigenvalue weighted by Crippen LogP contribution is -2.58. The molecule has 4 saturated carbocycles. The van der Waals surface area contributed by atoms with Gasteiger partial charge < -0.3 is 5.32 Å². The summed E-state index contributed by atoms with van der Waals surface area (Å²) in [4.78, 5) is 12.1. The zero-order valence-corrected chi connectivity index (χ0v) is 14.7. The largest absolute Gasteiger partial charge is 0.328 e. The molecule has 0 atom stereocenters. The lowest BCUT2D eigenvalue weighted by molar-refractivity contribution is -0.0206. The Balaban J connectivity index is 1.40. The number of rotatable bonds is 3. The number of imidazole rings is 1. The number of aromatic nitrogens is 2. The molecule has 1 heterocycles. The number of nitrogens with zero attached hydrogens (tertiary/aromatic N) is 2. The lowest BCUT2D eigenvalue weighted by atomic mass is 9.53. The van der Waals surface area contributed by atoms with Gasteiger partial charge in [-0.3, -0.25) is 9.13 Å². The molecule has 6 rings (SSSR count). The van der Waals surface area contributed by atoms with Gasteiger partial charge in [0.15, 0.2) is 0 Å². The van der Waals surface area contributed by atoms with Crippen molar-refractivity contribution < 1.29 is 0 Å². The third kappa shape index (κ3) is 2.12. The van der Waals surface area contributed by atoms with Gasteiger partial charge >= 0.3 is 5.69 Å². The van der Waals surface area contributed by atoms with Gasteiger partial charge in [-0.05, 0) is 74.0 Å². The molecule has 24 heavy (non-hydrogen) atoms. The first kappa shape index (κ1) is 14.8. The molecule has 0 aliphatic heterocycles. The fraction of sp³-hybridized carbons (Fsp3) is 0.650. The molecule has 4 bridgehead atoms. The van der Waals surface area contributed by atoms with E-state index in [1.165, 1.54) is 44.1 Å². The molecular weight excluding hydrogens is 298 g/mol. The van der Waals surface area contributed by atoms with Crippen molar-refractivity contribution in [3.05, 3.63) is 34.2 Å². The van der Waals surface area contributed by atoms with Gasteiger partial charge in [0.2, 0.25) is 0 Å². The molecule has 0 radical (unpaired) electrons. The van der Waals surface area contributed by atoms with Crippen LogP contribution in [0.3, 0.4) is 0 Å². The molecular formula is C20H27N3O. The van der Waals surface area contributed by atoms with Crippen molar-refractivity contribution in [1.82, 2.24) is 14.5 Å².